The molecule has 2 aliphatic rings. The van der Waals surface area contributed by atoms with Crippen molar-refractivity contribution in [2.24, 2.45) is 11.1 Å². The van der Waals surface area contributed by atoms with Gasteiger partial charge in [0.15, 0.2) is 0 Å². The molecule has 1 saturated heterocycles. The first kappa shape index (κ1) is 12.1. The maximum absolute atomic E-state index is 13.0. The summed E-state index contributed by atoms with van der Waals surface area (Å²) >= 11 is 0. The number of halogens is 1. The number of hydrogen-bond donors (Lipinski definition) is 1. The zero-order chi connectivity index (χ0) is 12.6. The smallest absolute Gasteiger partial charge is 0.123 e. The molecule has 1 aliphatic carbocycles. The van der Waals surface area contributed by atoms with Crippen LogP contribution in [0.2, 0.25) is 0 Å². The topological polar surface area (TPSA) is 35.2 Å². The van der Waals surface area contributed by atoms with Crippen LogP contribution in [0.1, 0.15) is 31.2 Å². The second-order valence-electron chi connectivity index (χ2n) is 5.96. The summed E-state index contributed by atoms with van der Waals surface area (Å²) in [6, 6.07) is 6.88. The van der Waals surface area contributed by atoms with Crippen LogP contribution in [0.15, 0.2) is 24.3 Å². The Morgan fingerprint density at radius 3 is 2.28 bits per heavy atom. The molecule has 1 saturated carbocycles. The summed E-state index contributed by atoms with van der Waals surface area (Å²) in [5, 5.41) is 0. The minimum atomic E-state index is -0.175. The molecule has 0 unspecified atom stereocenters. The predicted molar refractivity (Wildman–Crippen MR) is 68.9 cm³/mol. The summed E-state index contributed by atoms with van der Waals surface area (Å²) in [6.07, 6.45) is 4.56. The fourth-order valence-corrected chi connectivity index (χ4v) is 3.81. The fraction of sp³-hybridized carbons (Fsp3) is 0.600. The van der Waals surface area contributed by atoms with Gasteiger partial charge in [0, 0.05) is 25.2 Å². The quantitative estimate of drug-likeness (QED) is 0.874. The number of ether oxygens (including phenoxy) is 1. The number of nitrogens with two attached hydrogens (primary N) is 1. The van der Waals surface area contributed by atoms with Gasteiger partial charge in [0.05, 0.1) is 0 Å². The third kappa shape index (κ3) is 1.86. The van der Waals surface area contributed by atoms with Crippen LogP contribution in [0, 0.1) is 11.2 Å². The van der Waals surface area contributed by atoms with E-state index in [0.29, 0.717) is 12.0 Å². The third-order valence-electron chi connectivity index (χ3n) is 4.83. The van der Waals surface area contributed by atoms with Crippen molar-refractivity contribution in [3.8, 4) is 0 Å². The zero-order valence-electron chi connectivity index (χ0n) is 10.6. The van der Waals surface area contributed by atoms with Crippen molar-refractivity contribution < 1.29 is 9.13 Å². The Bertz CT molecular complexity index is 415. The molecule has 2 fully saturated rings. The molecular formula is C15H20FNO. The maximum atomic E-state index is 13.0. The monoisotopic (exact) mass is 249 g/mol. The normalized spacial score (nSPS) is 24.8. The largest absolute Gasteiger partial charge is 0.381 e. The van der Waals surface area contributed by atoms with Crippen molar-refractivity contribution in [2.75, 3.05) is 19.8 Å². The molecule has 2 N–H and O–H groups in total. The number of hydrogen-bond acceptors (Lipinski definition) is 2. The Morgan fingerprint density at radius 1 is 1.11 bits per heavy atom. The Hall–Kier alpha value is -0.930. The third-order valence-corrected chi connectivity index (χ3v) is 4.83. The molecule has 2 nitrogen and oxygen atoms in total. The molecular weight excluding hydrogens is 229 g/mol. The first-order valence-electron chi connectivity index (χ1n) is 6.72. The Morgan fingerprint density at radius 2 is 1.72 bits per heavy atom. The molecule has 3 heteroatoms. The van der Waals surface area contributed by atoms with E-state index >= 15 is 0 Å². The minimum absolute atomic E-state index is 0.0744. The van der Waals surface area contributed by atoms with Gasteiger partial charge in [0.2, 0.25) is 0 Å². The van der Waals surface area contributed by atoms with Crippen LogP contribution < -0.4 is 5.73 Å². The van der Waals surface area contributed by atoms with Crippen LogP contribution in [0.3, 0.4) is 0 Å². The summed E-state index contributed by atoms with van der Waals surface area (Å²) < 4.78 is 18.4. The Kier molecular flexibility index (Phi) is 2.91. The first-order valence-corrected chi connectivity index (χ1v) is 6.72. The van der Waals surface area contributed by atoms with Crippen LogP contribution in [0.4, 0.5) is 4.39 Å². The van der Waals surface area contributed by atoms with E-state index in [0.717, 1.165) is 38.9 Å². The van der Waals surface area contributed by atoms with E-state index in [-0.39, 0.29) is 11.2 Å². The molecule has 1 spiro atoms. The van der Waals surface area contributed by atoms with Gasteiger partial charge in [0.1, 0.15) is 5.82 Å². The molecule has 1 aliphatic heterocycles. The van der Waals surface area contributed by atoms with Crippen molar-refractivity contribution in [1.82, 2.24) is 0 Å². The van der Waals surface area contributed by atoms with Crippen molar-refractivity contribution in [1.29, 1.82) is 0 Å². The lowest BCUT2D eigenvalue weighted by molar-refractivity contribution is -0.0714. The van der Waals surface area contributed by atoms with E-state index in [9.17, 15) is 4.39 Å². The number of rotatable bonds is 2. The molecule has 0 bridgehead atoms. The predicted octanol–water partition coefficient (Wildman–Crippen LogP) is 2.61. The molecule has 0 amide bonds. The molecule has 0 atom stereocenters. The van der Waals surface area contributed by atoms with Gasteiger partial charge in [-0.1, -0.05) is 12.1 Å². The lowest BCUT2D eigenvalue weighted by atomic mass is 9.48. The van der Waals surface area contributed by atoms with Gasteiger partial charge in [-0.15, -0.1) is 0 Å². The van der Waals surface area contributed by atoms with Gasteiger partial charge in [-0.25, -0.2) is 4.39 Å². The molecule has 18 heavy (non-hydrogen) atoms. The van der Waals surface area contributed by atoms with E-state index in [2.05, 4.69) is 0 Å². The Balaban J connectivity index is 1.79. The molecule has 1 aromatic rings. The van der Waals surface area contributed by atoms with Crippen molar-refractivity contribution in [3.63, 3.8) is 0 Å². The van der Waals surface area contributed by atoms with Crippen LogP contribution in [-0.2, 0) is 10.2 Å². The molecule has 0 radical (unpaired) electrons. The zero-order valence-corrected chi connectivity index (χ0v) is 10.6. The van der Waals surface area contributed by atoms with Crippen molar-refractivity contribution >= 4 is 0 Å². The minimum Gasteiger partial charge on any atom is -0.381 e. The first-order chi connectivity index (χ1) is 8.68. The fourth-order valence-electron chi connectivity index (χ4n) is 3.81. The number of benzene rings is 1. The van der Waals surface area contributed by atoms with Gasteiger partial charge in [-0.2, -0.15) is 0 Å². The second kappa shape index (κ2) is 4.32. The molecule has 3 rings (SSSR count). The van der Waals surface area contributed by atoms with Gasteiger partial charge < -0.3 is 10.5 Å². The second-order valence-corrected chi connectivity index (χ2v) is 5.96. The van der Waals surface area contributed by atoms with Gasteiger partial charge in [0.25, 0.3) is 0 Å². The summed E-state index contributed by atoms with van der Waals surface area (Å²) in [7, 11) is 0. The van der Waals surface area contributed by atoms with E-state index in [1.165, 1.54) is 5.56 Å². The molecule has 0 aromatic heterocycles. The van der Waals surface area contributed by atoms with Crippen LogP contribution in [-0.4, -0.2) is 19.8 Å². The highest BCUT2D eigenvalue weighted by Crippen LogP contribution is 2.59. The SMILES string of the molecule is NCC1(c2ccc(F)cc2)CC2(CCOCC2)C1. The maximum Gasteiger partial charge on any atom is 0.123 e. The van der Waals surface area contributed by atoms with E-state index < -0.39 is 0 Å². The Labute approximate surface area is 107 Å². The van der Waals surface area contributed by atoms with Crippen molar-refractivity contribution in [3.05, 3.63) is 35.6 Å². The average molecular weight is 249 g/mol. The van der Waals surface area contributed by atoms with Gasteiger partial charge >= 0.3 is 0 Å². The average Bonchev–Trinajstić information content (AvgIpc) is 2.37. The van der Waals surface area contributed by atoms with E-state index in [1.54, 1.807) is 12.1 Å². The molecule has 98 valence electrons. The highest BCUT2D eigenvalue weighted by Gasteiger charge is 2.54. The van der Waals surface area contributed by atoms with Crippen LogP contribution in [0.5, 0.6) is 0 Å². The summed E-state index contributed by atoms with van der Waals surface area (Å²) in [5.41, 5.74) is 7.71. The summed E-state index contributed by atoms with van der Waals surface area (Å²) in [4.78, 5) is 0. The lowest BCUT2D eigenvalue weighted by Gasteiger charge is -2.58. The lowest BCUT2D eigenvalue weighted by Crippen LogP contribution is -2.55. The molecule has 1 aromatic carbocycles. The van der Waals surface area contributed by atoms with Crippen LogP contribution in [0.25, 0.3) is 0 Å². The van der Waals surface area contributed by atoms with E-state index in [4.69, 9.17) is 10.5 Å². The highest BCUT2D eigenvalue weighted by atomic mass is 19.1. The molecule has 1 heterocycles. The van der Waals surface area contributed by atoms with Crippen LogP contribution >= 0.6 is 0 Å². The summed E-state index contributed by atoms with van der Waals surface area (Å²) in [5.74, 6) is -0.175. The highest BCUT2D eigenvalue weighted by molar-refractivity contribution is 5.31. The van der Waals surface area contributed by atoms with E-state index in [1.807, 2.05) is 12.1 Å². The van der Waals surface area contributed by atoms with Gasteiger partial charge in [-0.3, -0.25) is 0 Å². The van der Waals surface area contributed by atoms with Gasteiger partial charge in [-0.05, 0) is 48.8 Å². The standard InChI is InChI=1S/C15H20FNO/c16-13-3-1-12(2-4-13)15(11-17)9-14(10-15)5-7-18-8-6-14/h1-4H,5-11,17H2. The summed E-state index contributed by atoms with van der Waals surface area (Å²) in [6.45, 7) is 2.41. The van der Waals surface area contributed by atoms with Crippen molar-refractivity contribution in [2.45, 2.75) is 31.1 Å².